The van der Waals surface area contributed by atoms with Gasteiger partial charge in [0, 0.05) is 16.4 Å². The highest BCUT2D eigenvalue weighted by atomic mass is 35.5. The molecular weight excluding hydrogens is 290 g/mol. The largest absolute Gasteiger partial charge is 0.332 e. The fraction of sp³-hybridized carbons (Fsp3) is 0.0667. The molecule has 0 atom stereocenters. The zero-order valence-corrected chi connectivity index (χ0v) is 12.3. The first-order valence-corrected chi connectivity index (χ1v) is 6.72. The molecule has 0 unspecified atom stereocenters. The van der Waals surface area contributed by atoms with Gasteiger partial charge in [-0.3, -0.25) is 0 Å². The Labute approximate surface area is 128 Å². The van der Waals surface area contributed by atoms with Crippen molar-refractivity contribution in [3.63, 3.8) is 0 Å². The van der Waals surface area contributed by atoms with E-state index in [9.17, 15) is 0 Å². The van der Waals surface area contributed by atoms with Crippen molar-refractivity contribution in [2.45, 2.75) is 6.92 Å². The van der Waals surface area contributed by atoms with Gasteiger partial charge >= 0.3 is 0 Å². The summed E-state index contributed by atoms with van der Waals surface area (Å²) in [6.07, 6.45) is 0. The molecule has 5 heteroatoms. The van der Waals surface area contributed by atoms with Gasteiger partial charge in [-0.25, -0.2) is 0 Å². The molecule has 0 saturated heterocycles. The summed E-state index contributed by atoms with van der Waals surface area (Å²) in [7, 11) is 0. The monoisotopic (exact) mass is 301 g/mol. The topological polar surface area (TPSA) is 47.8 Å². The second-order valence-corrected chi connectivity index (χ2v) is 5.00. The van der Waals surface area contributed by atoms with E-state index in [1.807, 2.05) is 31.2 Å². The fourth-order valence-electron chi connectivity index (χ4n) is 1.69. The van der Waals surface area contributed by atoms with Crippen LogP contribution in [-0.2, 0) is 0 Å². The minimum absolute atomic E-state index is 0.449. The lowest BCUT2D eigenvalue weighted by Gasteiger charge is -2.13. The summed E-state index contributed by atoms with van der Waals surface area (Å²) in [6, 6.07) is 14.8. The summed E-state index contributed by atoms with van der Waals surface area (Å²) >= 11 is 11.3. The average molecular weight is 302 g/mol. The third kappa shape index (κ3) is 3.47. The van der Waals surface area contributed by atoms with Gasteiger partial charge in [0.2, 0.25) is 0 Å². The molecule has 2 aromatic rings. The lowest BCUT2D eigenvalue weighted by molar-refractivity contribution is 1.45. The number of benzene rings is 2. The van der Waals surface area contributed by atoms with Crippen LogP contribution in [0.25, 0.3) is 0 Å². The molecule has 2 rings (SSSR count). The highest BCUT2D eigenvalue weighted by Crippen LogP contribution is 2.23. The third-order valence-corrected chi connectivity index (χ3v) is 3.38. The molecule has 20 heavy (non-hydrogen) atoms. The Hall–Kier alpha value is -2.09. The highest BCUT2D eigenvalue weighted by molar-refractivity contribution is 7.80. The minimum Gasteiger partial charge on any atom is -0.332 e. The van der Waals surface area contributed by atoms with E-state index in [1.54, 1.807) is 18.2 Å². The smallest absolute Gasteiger partial charge is 0.175 e. The first kappa shape index (κ1) is 14.3. The molecule has 0 spiro atoms. The fourth-order valence-corrected chi connectivity index (χ4v) is 2.10. The van der Waals surface area contributed by atoms with E-state index in [4.69, 9.17) is 29.1 Å². The minimum atomic E-state index is 0.449. The number of nitrogens with zero attached hydrogens (tertiary/aromatic N) is 1. The SMILES string of the molecule is Cc1c(Cl)cccc1NC(=S)Nc1cccc(C#N)c1. The second kappa shape index (κ2) is 6.38. The number of halogens is 1. The Balaban J connectivity index is 2.09. The van der Waals surface area contributed by atoms with Crippen molar-refractivity contribution < 1.29 is 0 Å². The molecular formula is C15H12ClN3S. The van der Waals surface area contributed by atoms with E-state index < -0.39 is 0 Å². The summed E-state index contributed by atoms with van der Waals surface area (Å²) < 4.78 is 0. The molecule has 0 fully saturated rings. The second-order valence-electron chi connectivity index (χ2n) is 4.18. The standard InChI is InChI=1S/C15H12ClN3S/c1-10-13(16)6-3-7-14(10)19-15(20)18-12-5-2-4-11(8-12)9-17/h2-8H,1H3,(H2,18,19,20). The van der Waals surface area contributed by atoms with Gasteiger partial charge in [-0.1, -0.05) is 23.7 Å². The summed E-state index contributed by atoms with van der Waals surface area (Å²) in [5, 5.41) is 16.1. The number of hydrogen-bond donors (Lipinski definition) is 2. The number of anilines is 2. The molecule has 0 aliphatic carbocycles. The predicted octanol–water partition coefficient (Wildman–Crippen LogP) is 4.33. The molecule has 2 N–H and O–H groups in total. The zero-order valence-electron chi connectivity index (χ0n) is 10.8. The average Bonchev–Trinajstić information content (AvgIpc) is 2.44. The van der Waals surface area contributed by atoms with Crippen LogP contribution in [0.15, 0.2) is 42.5 Å². The first-order chi connectivity index (χ1) is 9.60. The van der Waals surface area contributed by atoms with Crippen molar-refractivity contribution in [3.05, 3.63) is 58.6 Å². The third-order valence-electron chi connectivity index (χ3n) is 2.77. The quantitative estimate of drug-likeness (QED) is 0.811. The zero-order chi connectivity index (χ0) is 14.5. The Morgan fingerprint density at radius 3 is 2.70 bits per heavy atom. The Bertz CT molecular complexity index is 692. The molecule has 0 bridgehead atoms. The number of rotatable bonds is 2. The van der Waals surface area contributed by atoms with Crippen LogP contribution >= 0.6 is 23.8 Å². The van der Waals surface area contributed by atoms with Crippen LogP contribution in [0.3, 0.4) is 0 Å². The van der Waals surface area contributed by atoms with E-state index in [1.165, 1.54) is 0 Å². The molecule has 3 nitrogen and oxygen atoms in total. The Kier molecular flexibility index (Phi) is 4.57. The molecule has 2 aromatic carbocycles. The summed E-state index contributed by atoms with van der Waals surface area (Å²) in [5.74, 6) is 0. The van der Waals surface area contributed by atoms with E-state index in [-0.39, 0.29) is 0 Å². The number of thiocarbonyl (C=S) groups is 1. The van der Waals surface area contributed by atoms with E-state index in [0.717, 1.165) is 16.9 Å². The summed E-state index contributed by atoms with van der Waals surface area (Å²) in [5.41, 5.74) is 3.13. The molecule has 0 aromatic heterocycles. The van der Waals surface area contributed by atoms with Crippen molar-refractivity contribution in [1.29, 1.82) is 5.26 Å². The molecule has 0 radical (unpaired) electrons. The number of nitriles is 1. The van der Waals surface area contributed by atoms with Gasteiger partial charge in [0.05, 0.1) is 11.6 Å². The van der Waals surface area contributed by atoms with Gasteiger partial charge in [-0.05, 0) is 55.0 Å². The maximum Gasteiger partial charge on any atom is 0.175 e. The maximum atomic E-state index is 8.86. The molecule has 0 aliphatic rings. The predicted molar refractivity (Wildman–Crippen MR) is 87.2 cm³/mol. The van der Waals surface area contributed by atoms with E-state index in [2.05, 4.69) is 16.7 Å². The normalized spacial score (nSPS) is 9.65. The molecule has 0 aliphatic heterocycles. The van der Waals surface area contributed by atoms with Gasteiger partial charge in [0.25, 0.3) is 0 Å². The highest BCUT2D eigenvalue weighted by Gasteiger charge is 2.04. The molecule has 0 heterocycles. The van der Waals surface area contributed by atoms with E-state index >= 15 is 0 Å². The van der Waals surface area contributed by atoms with E-state index in [0.29, 0.717) is 15.7 Å². The summed E-state index contributed by atoms with van der Waals surface area (Å²) in [6.45, 7) is 1.92. The van der Waals surface area contributed by atoms with Crippen molar-refractivity contribution in [1.82, 2.24) is 0 Å². The van der Waals surface area contributed by atoms with Crippen LogP contribution < -0.4 is 10.6 Å². The first-order valence-electron chi connectivity index (χ1n) is 5.93. The summed E-state index contributed by atoms with van der Waals surface area (Å²) in [4.78, 5) is 0. The van der Waals surface area contributed by atoms with Crippen molar-refractivity contribution in [2.24, 2.45) is 0 Å². The van der Waals surface area contributed by atoms with Crippen molar-refractivity contribution >= 4 is 40.3 Å². The maximum absolute atomic E-state index is 8.86. The van der Waals surface area contributed by atoms with Crippen LogP contribution in [0.2, 0.25) is 5.02 Å². The van der Waals surface area contributed by atoms with Gasteiger partial charge in [-0.15, -0.1) is 0 Å². The van der Waals surface area contributed by atoms with Crippen LogP contribution in [0.5, 0.6) is 0 Å². The van der Waals surface area contributed by atoms with Gasteiger partial charge in [0.15, 0.2) is 5.11 Å². The molecule has 100 valence electrons. The van der Waals surface area contributed by atoms with Crippen LogP contribution in [0.4, 0.5) is 11.4 Å². The lowest BCUT2D eigenvalue weighted by atomic mass is 10.2. The number of hydrogen-bond acceptors (Lipinski definition) is 2. The Morgan fingerprint density at radius 1 is 1.20 bits per heavy atom. The Morgan fingerprint density at radius 2 is 1.95 bits per heavy atom. The van der Waals surface area contributed by atoms with Crippen molar-refractivity contribution in [3.8, 4) is 6.07 Å². The van der Waals surface area contributed by atoms with Crippen LogP contribution in [0.1, 0.15) is 11.1 Å². The van der Waals surface area contributed by atoms with Crippen LogP contribution in [-0.4, -0.2) is 5.11 Å². The van der Waals surface area contributed by atoms with Gasteiger partial charge in [0.1, 0.15) is 0 Å². The molecule has 0 saturated carbocycles. The van der Waals surface area contributed by atoms with Crippen LogP contribution in [0, 0.1) is 18.3 Å². The molecule has 0 amide bonds. The van der Waals surface area contributed by atoms with Crippen molar-refractivity contribution in [2.75, 3.05) is 10.6 Å². The lowest BCUT2D eigenvalue weighted by Crippen LogP contribution is -2.19. The van der Waals surface area contributed by atoms with Gasteiger partial charge in [-0.2, -0.15) is 5.26 Å². The number of nitrogens with one attached hydrogen (secondary N) is 2. The van der Waals surface area contributed by atoms with Gasteiger partial charge < -0.3 is 10.6 Å².